The van der Waals surface area contributed by atoms with Crippen LogP contribution < -0.4 is 20.7 Å². The van der Waals surface area contributed by atoms with E-state index in [2.05, 4.69) is 27.0 Å². The van der Waals surface area contributed by atoms with Crippen molar-refractivity contribution in [3.63, 3.8) is 0 Å². The molecule has 1 amide bonds. The summed E-state index contributed by atoms with van der Waals surface area (Å²) < 4.78 is 10.9. The van der Waals surface area contributed by atoms with Crippen LogP contribution in [0.3, 0.4) is 0 Å². The first-order chi connectivity index (χ1) is 14.6. The van der Waals surface area contributed by atoms with Crippen LogP contribution in [0.15, 0.2) is 40.7 Å². The summed E-state index contributed by atoms with van der Waals surface area (Å²) in [5, 5.41) is 11.4. The van der Waals surface area contributed by atoms with Crippen molar-refractivity contribution in [2.75, 3.05) is 40.0 Å². The van der Waals surface area contributed by atoms with Crippen molar-refractivity contribution in [2.24, 2.45) is 4.99 Å². The van der Waals surface area contributed by atoms with Crippen molar-refractivity contribution in [1.82, 2.24) is 16.0 Å². The number of nitrogens with zero attached hydrogens (tertiary/aromatic N) is 1. The molecule has 0 spiro atoms. The smallest absolute Gasteiger partial charge is 0.261 e. The van der Waals surface area contributed by atoms with Gasteiger partial charge in [0.25, 0.3) is 5.91 Å². The lowest BCUT2D eigenvalue weighted by atomic mass is 10.1. The molecule has 1 aromatic carbocycles. The highest BCUT2D eigenvalue weighted by Gasteiger charge is 2.06. The van der Waals surface area contributed by atoms with E-state index in [0.717, 1.165) is 40.7 Å². The van der Waals surface area contributed by atoms with Gasteiger partial charge in [-0.3, -0.25) is 4.79 Å². The fraction of sp³-hybridized carbons (Fsp3) is 0.455. The van der Waals surface area contributed by atoms with Crippen molar-refractivity contribution >= 4 is 23.2 Å². The topological polar surface area (TPSA) is 84.0 Å². The minimum atomic E-state index is -0.0223. The van der Waals surface area contributed by atoms with Crippen LogP contribution >= 0.6 is 11.3 Å². The van der Waals surface area contributed by atoms with Gasteiger partial charge in [-0.15, -0.1) is 11.3 Å². The molecule has 164 valence electrons. The van der Waals surface area contributed by atoms with E-state index in [-0.39, 0.29) is 5.91 Å². The summed E-state index contributed by atoms with van der Waals surface area (Å²) in [6, 6.07) is 9.83. The third-order valence-corrected chi connectivity index (χ3v) is 5.06. The lowest BCUT2D eigenvalue weighted by Crippen LogP contribution is -2.38. The maximum Gasteiger partial charge on any atom is 0.261 e. The molecule has 0 fully saturated rings. The van der Waals surface area contributed by atoms with E-state index in [4.69, 9.17) is 9.47 Å². The number of carbonyl (C=O) groups is 1. The highest BCUT2D eigenvalue weighted by atomic mass is 32.1. The molecule has 0 aliphatic heterocycles. The van der Waals surface area contributed by atoms with Crippen LogP contribution in [0.4, 0.5) is 0 Å². The van der Waals surface area contributed by atoms with E-state index in [1.807, 2.05) is 43.5 Å². The quantitative estimate of drug-likeness (QED) is 0.273. The van der Waals surface area contributed by atoms with E-state index >= 15 is 0 Å². The van der Waals surface area contributed by atoms with E-state index in [0.29, 0.717) is 32.8 Å². The Morgan fingerprint density at radius 1 is 1.13 bits per heavy atom. The van der Waals surface area contributed by atoms with Gasteiger partial charge in [0.2, 0.25) is 0 Å². The van der Waals surface area contributed by atoms with Crippen molar-refractivity contribution in [2.45, 2.75) is 26.8 Å². The first-order valence-corrected chi connectivity index (χ1v) is 11.1. The molecule has 0 aliphatic rings. The lowest BCUT2D eigenvalue weighted by Gasteiger charge is -2.14. The lowest BCUT2D eigenvalue weighted by molar-refractivity contribution is 0.0957. The molecule has 0 atom stereocenters. The van der Waals surface area contributed by atoms with Crippen LogP contribution in [0.2, 0.25) is 0 Å². The van der Waals surface area contributed by atoms with Gasteiger partial charge in [-0.1, -0.05) is 18.2 Å². The summed E-state index contributed by atoms with van der Waals surface area (Å²) in [6.45, 7) is 7.72. The fourth-order valence-electron chi connectivity index (χ4n) is 2.66. The zero-order valence-electron chi connectivity index (χ0n) is 18.0. The number of thiophene rings is 1. The molecular weight excluding hydrogens is 400 g/mol. The summed E-state index contributed by atoms with van der Waals surface area (Å²) in [7, 11) is 1.66. The first kappa shape index (κ1) is 23.7. The van der Waals surface area contributed by atoms with Gasteiger partial charge >= 0.3 is 0 Å². The third kappa shape index (κ3) is 8.42. The molecule has 3 N–H and O–H groups in total. The van der Waals surface area contributed by atoms with Gasteiger partial charge in [-0.2, -0.15) is 0 Å². The van der Waals surface area contributed by atoms with Gasteiger partial charge in [-0.05, 0) is 43.3 Å². The summed E-state index contributed by atoms with van der Waals surface area (Å²) in [5.41, 5.74) is 2.17. The second kappa shape index (κ2) is 13.6. The maximum atomic E-state index is 11.9. The van der Waals surface area contributed by atoms with E-state index in [1.165, 1.54) is 11.3 Å². The molecule has 2 aromatic rings. The molecule has 0 radical (unpaired) electrons. The fourth-order valence-corrected chi connectivity index (χ4v) is 3.30. The first-order valence-electron chi connectivity index (χ1n) is 10.2. The molecule has 0 unspecified atom stereocenters. The van der Waals surface area contributed by atoms with Crippen molar-refractivity contribution in [1.29, 1.82) is 0 Å². The van der Waals surface area contributed by atoms with Gasteiger partial charge in [0.1, 0.15) is 12.4 Å². The molecule has 0 saturated heterocycles. The molecule has 1 aromatic heterocycles. The number of rotatable bonds is 12. The monoisotopic (exact) mass is 432 g/mol. The Morgan fingerprint density at radius 2 is 1.97 bits per heavy atom. The van der Waals surface area contributed by atoms with Crippen LogP contribution in [-0.2, 0) is 11.3 Å². The minimum absolute atomic E-state index is 0.0223. The zero-order valence-corrected chi connectivity index (χ0v) is 18.8. The highest BCUT2D eigenvalue weighted by Crippen LogP contribution is 2.21. The Hall–Kier alpha value is -2.58. The zero-order chi connectivity index (χ0) is 21.6. The number of benzene rings is 1. The molecule has 0 aliphatic carbocycles. The van der Waals surface area contributed by atoms with Crippen LogP contribution in [-0.4, -0.2) is 51.8 Å². The van der Waals surface area contributed by atoms with Crippen molar-refractivity contribution in [3.05, 3.63) is 51.7 Å². The van der Waals surface area contributed by atoms with E-state index in [1.54, 1.807) is 7.11 Å². The number of amides is 1. The van der Waals surface area contributed by atoms with E-state index < -0.39 is 0 Å². The summed E-state index contributed by atoms with van der Waals surface area (Å²) in [4.78, 5) is 17.3. The number of carbonyl (C=O) groups excluding carboxylic acids is 1. The predicted octanol–water partition coefficient (Wildman–Crippen LogP) is 2.96. The molecule has 2 rings (SSSR count). The van der Waals surface area contributed by atoms with Crippen molar-refractivity contribution in [3.8, 4) is 5.75 Å². The molecular formula is C22H32N4O3S. The molecule has 8 heteroatoms. The van der Waals surface area contributed by atoms with Crippen molar-refractivity contribution < 1.29 is 14.3 Å². The van der Waals surface area contributed by atoms with Crippen LogP contribution in [0.1, 0.15) is 34.1 Å². The normalized spacial score (nSPS) is 11.2. The summed E-state index contributed by atoms with van der Waals surface area (Å²) in [6.07, 6.45) is 0.803. The predicted molar refractivity (Wildman–Crippen MR) is 123 cm³/mol. The Bertz CT molecular complexity index is 794. The largest absolute Gasteiger partial charge is 0.491 e. The summed E-state index contributed by atoms with van der Waals surface area (Å²) >= 11 is 1.44. The SMILES string of the molecule is CCNC(=NCc1ccc(C)cc1OCCOC)NCCCNC(=O)c1cccs1. The number of ether oxygens (including phenoxy) is 2. The van der Waals surface area contributed by atoms with Gasteiger partial charge in [0, 0.05) is 32.3 Å². The Labute approximate surface area is 182 Å². The number of nitrogens with one attached hydrogen (secondary N) is 3. The van der Waals surface area contributed by atoms with Crippen LogP contribution in [0.5, 0.6) is 5.75 Å². The van der Waals surface area contributed by atoms with Gasteiger partial charge in [-0.25, -0.2) is 4.99 Å². The number of aliphatic imine (C=N–C) groups is 1. The molecule has 7 nitrogen and oxygen atoms in total. The van der Waals surface area contributed by atoms with E-state index in [9.17, 15) is 4.79 Å². The van der Waals surface area contributed by atoms with Gasteiger partial charge in [0.15, 0.2) is 5.96 Å². The second-order valence-electron chi connectivity index (χ2n) is 6.66. The maximum absolute atomic E-state index is 11.9. The number of guanidine groups is 1. The second-order valence-corrected chi connectivity index (χ2v) is 7.61. The highest BCUT2D eigenvalue weighted by molar-refractivity contribution is 7.12. The van der Waals surface area contributed by atoms with Crippen LogP contribution in [0.25, 0.3) is 0 Å². The van der Waals surface area contributed by atoms with Gasteiger partial charge in [0.05, 0.1) is 18.0 Å². The minimum Gasteiger partial charge on any atom is -0.491 e. The standard InChI is InChI=1S/C22H32N4O3S/c1-4-23-22(25-11-6-10-24-21(27)20-7-5-14-30-20)26-16-18-9-8-17(2)15-19(18)29-13-12-28-3/h5,7-9,14-15H,4,6,10-13,16H2,1-3H3,(H,24,27)(H2,23,25,26). The summed E-state index contributed by atoms with van der Waals surface area (Å²) in [5.74, 6) is 1.55. The average Bonchev–Trinajstić information content (AvgIpc) is 3.28. The number of methoxy groups -OCH3 is 1. The Balaban J connectivity index is 1.83. The Kier molecular flexibility index (Phi) is 10.7. The number of hydrogen-bond donors (Lipinski definition) is 3. The Morgan fingerprint density at radius 3 is 2.70 bits per heavy atom. The van der Waals surface area contributed by atoms with Crippen LogP contribution in [0, 0.1) is 6.92 Å². The molecule has 0 saturated carbocycles. The third-order valence-electron chi connectivity index (χ3n) is 4.20. The molecule has 1 heterocycles. The molecule has 30 heavy (non-hydrogen) atoms. The number of aryl methyl sites for hydroxylation is 1. The number of hydrogen-bond acceptors (Lipinski definition) is 5. The average molecular weight is 433 g/mol. The molecule has 0 bridgehead atoms. The van der Waals surface area contributed by atoms with Gasteiger partial charge < -0.3 is 25.4 Å².